The lowest BCUT2D eigenvalue weighted by Gasteiger charge is -2.38. The van der Waals surface area contributed by atoms with Gasteiger partial charge in [0.2, 0.25) is 0 Å². The second-order valence-electron chi connectivity index (χ2n) is 4.12. The van der Waals surface area contributed by atoms with Crippen molar-refractivity contribution in [1.29, 1.82) is 0 Å². The molecule has 0 spiro atoms. The largest absolute Gasteiger partial charge is 0.386 e. The predicted molar refractivity (Wildman–Crippen MR) is 54.0 cm³/mol. The van der Waals surface area contributed by atoms with Crippen molar-refractivity contribution in [1.82, 2.24) is 5.32 Å². The molecule has 1 aliphatic rings. The van der Waals surface area contributed by atoms with Crippen molar-refractivity contribution in [3.05, 3.63) is 0 Å². The van der Waals surface area contributed by atoms with Crippen LogP contribution in [0.2, 0.25) is 0 Å². The van der Waals surface area contributed by atoms with Crippen LogP contribution in [0, 0.1) is 0 Å². The Morgan fingerprint density at radius 3 is 2.64 bits per heavy atom. The summed E-state index contributed by atoms with van der Waals surface area (Å²) in [6.07, 6.45) is -0.0813. The number of aliphatic hydroxyl groups is 1. The topological polar surface area (TPSA) is 50.7 Å². The molecule has 0 amide bonds. The van der Waals surface area contributed by atoms with Gasteiger partial charge in [-0.2, -0.15) is 0 Å². The number of ether oxygens (including phenoxy) is 2. The van der Waals surface area contributed by atoms with Gasteiger partial charge in [0.1, 0.15) is 6.10 Å². The number of nitrogens with one attached hydrogen (secondary N) is 1. The van der Waals surface area contributed by atoms with E-state index in [4.69, 9.17) is 9.47 Å². The third-order valence-electron chi connectivity index (χ3n) is 2.42. The number of rotatable bonds is 3. The van der Waals surface area contributed by atoms with Crippen LogP contribution in [0.15, 0.2) is 0 Å². The fraction of sp³-hybridized carbons (Fsp3) is 1.00. The average molecular weight is 203 g/mol. The molecule has 0 saturated carbocycles. The van der Waals surface area contributed by atoms with Crippen LogP contribution < -0.4 is 5.32 Å². The van der Waals surface area contributed by atoms with Crippen molar-refractivity contribution in [2.75, 3.05) is 7.05 Å². The number of hydrogen-bond donors (Lipinski definition) is 2. The first kappa shape index (κ1) is 11.9. The molecule has 0 bridgehead atoms. The van der Waals surface area contributed by atoms with E-state index in [2.05, 4.69) is 5.32 Å². The minimum atomic E-state index is -0.585. The van der Waals surface area contributed by atoms with Gasteiger partial charge in [-0.15, -0.1) is 0 Å². The van der Waals surface area contributed by atoms with E-state index in [0.29, 0.717) is 0 Å². The van der Waals surface area contributed by atoms with Crippen LogP contribution >= 0.6 is 0 Å². The van der Waals surface area contributed by atoms with Crippen molar-refractivity contribution >= 4 is 0 Å². The molecule has 84 valence electrons. The minimum Gasteiger partial charge on any atom is -0.386 e. The molecule has 0 aromatic carbocycles. The second kappa shape index (κ2) is 5.07. The zero-order valence-corrected chi connectivity index (χ0v) is 9.36. The molecule has 1 heterocycles. The van der Waals surface area contributed by atoms with E-state index >= 15 is 0 Å². The van der Waals surface area contributed by atoms with Gasteiger partial charge in [-0.05, 0) is 34.2 Å². The third-order valence-corrected chi connectivity index (χ3v) is 2.42. The Kier molecular flexibility index (Phi) is 4.31. The molecule has 1 saturated heterocycles. The molecule has 4 heteroatoms. The maximum absolute atomic E-state index is 9.88. The Morgan fingerprint density at radius 1 is 1.50 bits per heavy atom. The van der Waals surface area contributed by atoms with Gasteiger partial charge in [-0.1, -0.05) is 0 Å². The summed E-state index contributed by atoms with van der Waals surface area (Å²) in [5.41, 5.74) is 0. The number of likely N-dealkylation sites (N-methyl/N-ethyl adjacent to an activating group) is 1. The van der Waals surface area contributed by atoms with E-state index < -0.39 is 12.4 Å². The Labute approximate surface area is 85.6 Å². The maximum Gasteiger partial charge on any atom is 0.185 e. The molecule has 1 fully saturated rings. The Bertz CT molecular complexity index is 173. The van der Waals surface area contributed by atoms with Gasteiger partial charge in [-0.25, -0.2) is 0 Å². The molecular formula is C10H21NO3. The van der Waals surface area contributed by atoms with Gasteiger partial charge in [0.15, 0.2) is 6.29 Å². The van der Waals surface area contributed by atoms with E-state index in [9.17, 15) is 5.11 Å². The fourth-order valence-electron chi connectivity index (χ4n) is 1.72. The number of aliphatic hydroxyl groups excluding tert-OH is 1. The standard InChI is InChI=1S/C10H21NO3/c1-6(2)13-10-9(12)8(11-4)5-7(3)14-10/h6-12H,5H2,1-4H3/t7-,8+,9-,10-/m1/s1. The Balaban J connectivity index is 2.55. The van der Waals surface area contributed by atoms with E-state index in [1.165, 1.54) is 0 Å². The van der Waals surface area contributed by atoms with Gasteiger partial charge in [0.05, 0.1) is 12.2 Å². The van der Waals surface area contributed by atoms with Gasteiger partial charge in [0.25, 0.3) is 0 Å². The van der Waals surface area contributed by atoms with Crippen molar-refractivity contribution in [3.63, 3.8) is 0 Å². The van der Waals surface area contributed by atoms with Crippen LogP contribution in [0.4, 0.5) is 0 Å². The van der Waals surface area contributed by atoms with Crippen LogP contribution in [0.1, 0.15) is 27.2 Å². The van der Waals surface area contributed by atoms with Crippen molar-refractivity contribution in [3.8, 4) is 0 Å². The quantitative estimate of drug-likeness (QED) is 0.701. The lowest BCUT2D eigenvalue weighted by Crippen LogP contribution is -2.54. The zero-order chi connectivity index (χ0) is 10.7. The molecule has 14 heavy (non-hydrogen) atoms. The normalized spacial score (nSPS) is 39.0. The summed E-state index contributed by atoms with van der Waals surface area (Å²) in [4.78, 5) is 0. The Hall–Kier alpha value is -0.160. The predicted octanol–water partition coefficient (Wildman–Crippen LogP) is 0.495. The van der Waals surface area contributed by atoms with Gasteiger partial charge in [0, 0.05) is 6.04 Å². The Morgan fingerprint density at radius 2 is 2.14 bits per heavy atom. The van der Waals surface area contributed by atoms with E-state index in [1.807, 2.05) is 27.8 Å². The highest BCUT2D eigenvalue weighted by atomic mass is 16.7. The summed E-state index contributed by atoms with van der Waals surface area (Å²) < 4.78 is 11.0. The zero-order valence-electron chi connectivity index (χ0n) is 9.36. The summed E-state index contributed by atoms with van der Waals surface area (Å²) in [5, 5.41) is 13.0. The summed E-state index contributed by atoms with van der Waals surface area (Å²) in [5.74, 6) is 0. The third kappa shape index (κ3) is 2.92. The van der Waals surface area contributed by atoms with Crippen LogP contribution in [0.3, 0.4) is 0 Å². The molecule has 0 aliphatic carbocycles. The van der Waals surface area contributed by atoms with Crippen LogP contribution in [-0.2, 0) is 9.47 Å². The molecular weight excluding hydrogens is 182 g/mol. The molecule has 2 N–H and O–H groups in total. The minimum absolute atomic E-state index is 0.0579. The smallest absolute Gasteiger partial charge is 0.185 e. The van der Waals surface area contributed by atoms with Crippen LogP contribution in [0.25, 0.3) is 0 Å². The van der Waals surface area contributed by atoms with Crippen molar-refractivity contribution in [2.45, 2.75) is 57.8 Å². The van der Waals surface area contributed by atoms with Crippen molar-refractivity contribution < 1.29 is 14.6 Å². The van der Waals surface area contributed by atoms with E-state index in [1.54, 1.807) is 0 Å². The highest BCUT2D eigenvalue weighted by Gasteiger charge is 2.36. The molecule has 0 radical (unpaired) electrons. The highest BCUT2D eigenvalue weighted by Crippen LogP contribution is 2.21. The SMILES string of the molecule is CN[C@H]1C[C@@H](C)O[C@@H](OC(C)C)[C@@H]1O. The van der Waals surface area contributed by atoms with E-state index in [0.717, 1.165) is 6.42 Å². The molecule has 0 aromatic rings. The molecule has 4 nitrogen and oxygen atoms in total. The first-order chi connectivity index (χ1) is 6.54. The lowest BCUT2D eigenvalue weighted by atomic mass is 10.0. The van der Waals surface area contributed by atoms with E-state index in [-0.39, 0.29) is 18.2 Å². The monoisotopic (exact) mass is 203 g/mol. The molecule has 0 aromatic heterocycles. The van der Waals surface area contributed by atoms with Gasteiger partial charge in [-0.3, -0.25) is 0 Å². The molecule has 1 rings (SSSR count). The lowest BCUT2D eigenvalue weighted by molar-refractivity contribution is -0.255. The molecule has 4 atom stereocenters. The maximum atomic E-state index is 9.88. The van der Waals surface area contributed by atoms with Crippen LogP contribution in [0.5, 0.6) is 0 Å². The van der Waals surface area contributed by atoms with Crippen LogP contribution in [-0.4, -0.2) is 42.8 Å². The summed E-state index contributed by atoms with van der Waals surface area (Å²) in [7, 11) is 1.85. The first-order valence-electron chi connectivity index (χ1n) is 5.20. The average Bonchev–Trinajstić information content (AvgIpc) is 2.09. The molecule has 1 aliphatic heterocycles. The van der Waals surface area contributed by atoms with Crippen molar-refractivity contribution in [2.24, 2.45) is 0 Å². The van der Waals surface area contributed by atoms with Gasteiger partial charge < -0.3 is 19.9 Å². The fourth-order valence-corrected chi connectivity index (χ4v) is 1.72. The number of hydrogen-bond acceptors (Lipinski definition) is 4. The van der Waals surface area contributed by atoms with Gasteiger partial charge >= 0.3 is 0 Å². The highest BCUT2D eigenvalue weighted by molar-refractivity contribution is 4.84. The molecule has 0 unspecified atom stereocenters. The summed E-state index contributed by atoms with van der Waals surface area (Å²) in [6.45, 7) is 5.86. The summed E-state index contributed by atoms with van der Waals surface area (Å²) in [6, 6.07) is 0.0579. The second-order valence-corrected chi connectivity index (χ2v) is 4.12. The first-order valence-corrected chi connectivity index (χ1v) is 5.20. The summed E-state index contributed by atoms with van der Waals surface area (Å²) >= 11 is 0.